The third-order valence-corrected chi connectivity index (χ3v) is 1.70. The maximum atomic E-state index is 5.61. The summed E-state index contributed by atoms with van der Waals surface area (Å²) in [4.78, 5) is 0. The van der Waals surface area contributed by atoms with E-state index in [-0.39, 0.29) is 11.7 Å². The molecule has 0 amide bonds. The fraction of sp³-hybridized carbons (Fsp3) is 1.00. The second kappa shape index (κ2) is 3.94. The molecule has 0 aromatic carbocycles. The van der Waals surface area contributed by atoms with Crippen LogP contribution in [0.25, 0.3) is 0 Å². The molecule has 10 heavy (non-hydrogen) atoms. The summed E-state index contributed by atoms with van der Waals surface area (Å²) >= 11 is 0. The standard InChI is InChI=1S/C8H19NO/c1-5-8(4,6-9)10-7(2)3/h7H,5-6,9H2,1-4H3. The van der Waals surface area contributed by atoms with Crippen LogP contribution in [-0.2, 0) is 4.74 Å². The average molecular weight is 145 g/mol. The number of hydrogen-bond acceptors (Lipinski definition) is 2. The SMILES string of the molecule is CCC(C)(CN)OC(C)C. The summed E-state index contributed by atoms with van der Waals surface area (Å²) in [6, 6.07) is 0. The predicted octanol–water partition coefficient (Wildman–Crippen LogP) is 1.54. The molecule has 0 fully saturated rings. The molecular weight excluding hydrogens is 126 g/mol. The Bertz CT molecular complexity index is 87.3. The van der Waals surface area contributed by atoms with Crippen LogP contribution in [0.5, 0.6) is 0 Å². The average Bonchev–Trinajstić information content (AvgIpc) is 1.87. The molecule has 0 radical (unpaired) electrons. The molecule has 0 heterocycles. The molecule has 0 saturated heterocycles. The van der Waals surface area contributed by atoms with Gasteiger partial charge in [0.25, 0.3) is 0 Å². The molecule has 1 unspecified atom stereocenters. The minimum Gasteiger partial charge on any atom is -0.371 e. The van der Waals surface area contributed by atoms with Gasteiger partial charge in [0.1, 0.15) is 0 Å². The molecule has 2 heteroatoms. The summed E-state index contributed by atoms with van der Waals surface area (Å²) in [5.74, 6) is 0. The van der Waals surface area contributed by atoms with Crippen LogP contribution in [-0.4, -0.2) is 18.2 Å². The minimum atomic E-state index is -0.117. The highest BCUT2D eigenvalue weighted by Crippen LogP contribution is 2.15. The Labute approximate surface area is 63.7 Å². The fourth-order valence-electron chi connectivity index (χ4n) is 0.845. The topological polar surface area (TPSA) is 35.2 Å². The second-order valence-electron chi connectivity index (χ2n) is 3.17. The van der Waals surface area contributed by atoms with E-state index in [1.54, 1.807) is 0 Å². The third kappa shape index (κ3) is 3.18. The minimum absolute atomic E-state index is 0.117. The maximum absolute atomic E-state index is 5.61. The molecule has 0 saturated carbocycles. The predicted molar refractivity (Wildman–Crippen MR) is 44.0 cm³/mol. The van der Waals surface area contributed by atoms with E-state index < -0.39 is 0 Å². The monoisotopic (exact) mass is 145 g/mol. The summed E-state index contributed by atoms with van der Waals surface area (Å²) in [5, 5.41) is 0. The molecule has 0 aliphatic carbocycles. The fourth-order valence-corrected chi connectivity index (χ4v) is 0.845. The van der Waals surface area contributed by atoms with Crippen LogP contribution in [0.3, 0.4) is 0 Å². The van der Waals surface area contributed by atoms with Crippen molar-refractivity contribution in [2.75, 3.05) is 6.54 Å². The zero-order valence-electron chi connectivity index (χ0n) is 7.48. The van der Waals surface area contributed by atoms with Crippen molar-refractivity contribution in [2.45, 2.75) is 45.8 Å². The Morgan fingerprint density at radius 1 is 1.50 bits per heavy atom. The van der Waals surface area contributed by atoms with Gasteiger partial charge in [-0.2, -0.15) is 0 Å². The molecule has 0 aromatic rings. The molecule has 0 aliphatic rings. The first-order valence-corrected chi connectivity index (χ1v) is 3.92. The van der Waals surface area contributed by atoms with Gasteiger partial charge in [0.15, 0.2) is 0 Å². The zero-order chi connectivity index (χ0) is 8.20. The van der Waals surface area contributed by atoms with Gasteiger partial charge in [0.05, 0.1) is 11.7 Å². The van der Waals surface area contributed by atoms with Gasteiger partial charge < -0.3 is 10.5 Å². The van der Waals surface area contributed by atoms with E-state index in [0.29, 0.717) is 6.54 Å². The van der Waals surface area contributed by atoms with Gasteiger partial charge in [-0.1, -0.05) is 6.92 Å². The Balaban J connectivity index is 3.80. The van der Waals surface area contributed by atoms with E-state index in [4.69, 9.17) is 10.5 Å². The normalized spacial score (nSPS) is 17.4. The van der Waals surface area contributed by atoms with E-state index in [1.165, 1.54) is 0 Å². The molecular formula is C8H19NO. The third-order valence-electron chi connectivity index (χ3n) is 1.70. The van der Waals surface area contributed by atoms with Crippen LogP contribution in [0.1, 0.15) is 34.1 Å². The van der Waals surface area contributed by atoms with Crippen molar-refractivity contribution in [3.8, 4) is 0 Å². The van der Waals surface area contributed by atoms with Crippen molar-refractivity contribution in [1.82, 2.24) is 0 Å². The lowest BCUT2D eigenvalue weighted by Crippen LogP contribution is -2.38. The van der Waals surface area contributed by atoms with Crippen LogP contribution in [0.4, 0.5) is 0 Å². The maximum Gasteiger partial charge on any atom is 0.0777 e. The summed E-state index contributed by atoms with van der Waals surface area (Å²) in [6.07, 6.45) is 1.25. The van der Waals surface area contributed by atoms with E-state index in [0.717, 1.165) is 6.42 Å². The van der Waals surface area contributed by atoms with Gasteiger partial charge in [0, 0.05) is 6.54 Å². The van der Waals surface area contributed by atoms with E-state index in [2.05, 4.69) is 6.92 Å². The molecule has 1 atom stereocenters. The quantitative estimate of drug-likeness (QED) is 0.651. The van der Waals surface area contributed by atoms with Crippen LogP contribution < -0.4 is 5.73 Å². The van der Waals surface area contributed by atoms with Crippen molar-refractivity contribution in [1.29, 1.82) is 0 Å². The molecule has 0 aliphatic heterocycles. The molecule has 0 aromatic heterocycles. The van der Waals surface area contributed by atoms with E-state index in [1.807, 2.05) is 20.8 Å². The Morgan fingerprint density at radius 2 is 2.00 bits per heavy atom. The molecule has 2 N–H and O–H groups in total. The van der Waals surface area contributed by atoms with Gasteiger partial charge >= 0.3 is 0 Å². The lowest BCUT2D eigenvalue weighted by Gasteiger charge is -2.29. The van der Waals surface area contributed by atoms with E-state index >= 15 is 0 Å². The smallest absolute Gasteiger partial charge is 0.0777 e. The number of rotatable bonds is 4. The number of ether oxygens (including phenoxy) is 1. The highest BCUT2D eigenvalue weighted by atomic mass is 16.5. The summed E-state index contributed by atoms with van der Waals surface area (Å²) < 4.78 is 5.61. The van der Waals surface area contributed by atoms with E-state index in [9.17, 15) is 0 Å². The second-order valence-corrected chi connectivity index (χ2v) is 3.17. The van der Waals surface area contributed by atoms with Crippen LogP contribution >= 0.6 is 0 Å². The van der Waals surface area contributed by atoms with Gasteiger partial charge in [-0.05, 0) is 27.2 Å². The molecule has 0 spiro atoms. The van der Waals surface area contributed by atoms with Gasteiger partial charge in [-0.25, -0.2) is 0 Å². The van der Waals surface area contributed by atoms with Crippen LogP contribution in [0.15, 0.2) is 0 Å². The van der Waals surface area contributed by atoms with Gasteiger partial charge in [-0.3, -0.25) is 0 Å². The van der Waals surface area contributed by atoms with Crippen molar-refractivity contribution < 1.29 is 4.74 Å². The lowest BCUT2D eigenvalue weighted by atomic mass is 10.0. The van der Waals surface area contributed by atoms with Crippen LogP contribution in [0, 0.1) is 0 Å². The van der Waals surface area contributed by atoms with Gasteiger partial charge in [0.2, 0.25) is 0 Å². The van der Waals surface area contributed by atoms with Crippen molar-refractivity contribution in [2.24, 2.45) is 5.73 Å². The summed E-state index contributed by atoms with van der Waals surface area (Å²) in [5.41, 5.74) is 5.42. The summed E-state index contributed by atoms with van der Waals surface area (Å²) in [6.45, 7) is 8.80. The highest BCUT2D eigenvalue weighted by molar-refractivity contribution is 4.74. The molecule has 62 valence electrons. The molecule has 2 nitrogen and oxygen atoms in total. The Hall–Kier alpha value is -0.0800. The largest absolute Gasteiger partial charge is 0.371 e. The molecule has 0 rings (SSSR count). The Morgan fingerprint density at radius 3 is 2.10 bits per heavy atom. The van der Waals surface area contributed by atoms with Crippen molar-refractivity contribution in [3.63, 3.8) is 0 Å². The number of nitrogens with two attached hydrogens (primary N) is 1. The van der Waals surface area contributed by atoms with Crippen molar-refractivity contribution in [3.05, 3.63) is 0 Å². The van der Waals surface area contributed by atoms with Gasteiger partial charge in [-0.15, -0.1) is 0 Å². The molecule has 0 bridgehead atoms. The highest BCUT2D eigenvalue weighted by Gasteiger charge is 2.21. The first kappa shape index (κ1) is 9.92. The van der Waals surface area contributed by atoms with Crippen molar-refractivity contribution >= 4 is 0 Å². The first-order chi connectivity index (χ1) is 4.54. The lowest BCUT2D eigenvalue weighted by molar-refractivity contribution is -0.0636. The Kier molecular flexibility index (Phi) is 3.91. The van der Waals surface area contributed by atoms with Crippen LogP contribution in [0.2, 0.25) is 0 Å². The summed E-state index contributed by atoms with van der Waals surface area (Å²) in [7, 11) is 0. The number of hydrogen-bond donors (Lipinski definition) is 1. The zero-order valence-corrected chi connectivity index (χ0v) is 7.48. The first-order valence-electron chi connectivity index (χ1n) is 3.92.